The Morgan fingerprint density at radius 1 is 0.806 bits per heavy atom. The molecule has 0 aliphatic carbocycles. The molecule has 0 amide bonds. The van der Waals surface area contributed by atoms with Gasteiger partial charge in [0.2, 0.25) is 0 Å². The number of carbonyl (C=O) groups is 2. The van der Waals surface area contributed by atoms with E-state index in [9.17, 15) is 9.59 Å². The molecule has 1 saturated heterocycles. The van der Waals surface area contributed by atoms with E-state index in [1.54, 1.807) is 13.8 Å². The van der Waals surface area contributed by atoms with Crippen LogP contribution in [0, 0.1) is 5.92 Å². The molecule has 3 aromatic rings. The average molecular weight is 416 g/mol. The molecule has 1 atom stereocenters. The molecule has 0 unspecified atom stereocenters. The number of hydrogen-bond acceptors (Lipinski definition) is 5. The second kappa shape index (κ2) is 8.64. The van der Waals surface area contributed by atoms with Crippen LogP contribution < -0.4 is 4.74 Å². The van der Waals surface area contributed by atoms with Crippen LogP contribution in [0.2, 0.25) is 0 Å². The van der Waals surface area contributed by atoms with Crippen LogP contribution in [0.4, 0.5) is 0 Å². The minimum Gasteiger partial charge on any atom is -0.489 e. The SMILES string of the molecule is CC1(C)OC(=O)C([C@H](c2ccccc2)c2ccccc2OCc2ccccc2)C(=O)O1. The molecule has 1 aliphatic rings. The van der Waals surface area contributed by atoms with E-state index >= 15 is 0 Å². The van der Waals surface area contributed by atoms with Crippen molar-refractivity contribution >= 4 is 11.9 Å². The van der Waals surface area contributed by atoms with Crippen LogP contribution >= 0.6 is 0 Å². The third-order valence-electron chi connectivity index (χ3n) is 5.18. The van der Waals surface area contributed by atoms with Gasteiger partial charge in [-0.3, -0.25) is 9.59 Å². The van der Waals surface area contributed by atoms with E-state index in [0.717, 1.165) is 16.7 Å². The van der Waals surface area contributed by atoms with Crippen molar-refractivity contribution in [3.05, 3.63) is 102 Å². The number of hydrogen-bond donors (Lipinski definition) is 0. The van der Waals surface area contributed by atoms with E-state index in [1.807, 2.05) is 84.9 Å². The van der Waals surface area contributed by atoms with Crippen LogP contribution in [-0.2, 0) is 25.7 Å². The number of para-hydroxylation sites is 1. The second-order valence-corrected chi connectivity index (χ2v) is 7.92. The number of rotatable bonds is 6. The lowest BCUT2D eigenvalue weighted by Crippen LogP contribution is -2.48. The van der Waals surface area contributed by atoms with Crippen molar-refractivity contribution < 1.29 is 23.8 Å². The Kier molecular flexibility index (Phi) is 5.76. The Bertz CT molecular complexity index is 1040. The Morgan fingerprint density at radius 3 is 2.00 bits per heavy atom. The summed E-state index contributed by atoms with van der Waals surface area (Å²) in [6.45, 7) is 3.47. The predicted molar refractivity (Wildman–Crippen MR) is 115 cm³/mol. The largest absolute Gasteiger partial charge is 0.489 e. The third kappa shape index (κ3) is 4.61. The molecule has 0 bridgehead atoms. The summed E-state index contributed by atoms with van der Waals surface area (Å²) in [5.41, 5.74) is 2.55. The van der Waals surface area contributed by atoms with Crippen LogP contribution in [0.3, 0.4) is 0 Å². The second-order valence-electron chi connectivity index (χ2n) is 7.92. The first kappa shape index (κ1) is 20.7. The van der Waals surface area contributed by atoms with Crippen LogP contribution in [-0.4, -0.2) is 17.7 Å². The minimum atomic E-state index is -1.28. The Hall–Kier alpha value is -3.60. The number of cyclic esters (lactones) is 2. The van der Waals surface area contributed by atoms with Crippen molar-refractivity contribution in [2.45, 2.75) is 32.2 Å². The minimum absolute atomic E-state index is 0.367. The van der Waals surface area contributed by atoms with Crippen LogP contribution in [0.15, 0.2) is 84.9 Å². The molecule has 0 radical (unpaired) electrons. The van der Waals surface area contributed by atoms with Crippen LogP contribution in [0.5, 0.6) is 5.75 Å². The van der Waals surface area contributed by atoms with Gasteiger partial charge in [0.15, 0.2) is 5.92 Å². The fraction of sp³-hybridized carbons (Fsp3) is 0.231. The molecular formula is C26H24O5. The lowest BCUT2D eigenvalue weighted by molar-refractivity contribution is -0.240. The monoisotopic (exact) mass is 416 g/mol. The molecule has 0 aromatic heterocycles. The molecule has 31 heavy (non-hydrogen) atoms. The molecule has 158 valence electrons. The standard InChI is InChI=1S/C26H24O5/c1-26(2)30-24(27)23(25(28)31-26)22(19-13-7-4-8-14-19)20-15-9-10-16-21(20)29-17-18-11-5-3-6-12-18/h3-16,22-23H,17H2,1-2H3/t22-/m1/s1. The van der Waals surface area contributed by atoms with E-state index in [-0.39, 0.29) is 0 Å². The molecule has 0 saturated carbocycles. The third-order valence-corrected chi connectivity index (χ3v) is 5.18. The highest BCUT2D eigenvalue weighted by atomic mass is 16.7. The Balaban J connectivity index is 1.74. The van der Waals surface area contributed by atoms with Gasteiger partial charge in [0.05, 0.1) is 0 Å². The molecule has 0 N–H and O–H groups in total. The molecule has 3 aromatic carbocycles. The summed E-state index contributed by atoms with van der Waals surface area (Å²) in [6.07, 6.45) is 0. The summed E-state index contributed by atoms with van der Waals surface area (Å²) in [4.78, 5) is 25.9. The summed E-state index contributed by atoms with van der Waals surface area (Å²) in [7, 11) is 0. The number of carbonyl (C=O) groups excluding carboxylic acids is 2. The quantitative estimate of drug-likeness (QED) is 0.425. The highest BCUT2D eigenvalue weighted by molar-refractivity contribution is 5.98. The lowest BCUT2D eigenvalue weighted by atomic mass is 9.79. The maximum Gasteiger partial charge on any atom is 0.324 e. The van der Waals surface area contributed by atoms with Crippen molar-refractivity contribution in [1.82, 2.24) is 0 Å². The number of ether oxygens (including phenoxy) is 3. The number of esters is 2. The van der Waals surface area contributed by atoms with E-state index in [1.165, 1.54) is 0 Å². The van der Waals surface area contributed by atoms with Gasteiger partial charge in [0.1, 0.15) is 12.4 Å². The zero-order chi connectivity index (χ0) is 21.8. The average Bonchev–Trinajstić information content (AvgIpc) is 2.76. The van der Waals surface area contributed by atoms with Crippen molar-refractivity contribution in [2.24, 2.45) is 5.92 Å². The summed E-state index contributed by atoms with van der Waals surface area (Å²) in [5.74, 6) is -3.62. The number of benzene rings is 3. The maximum atomic E-state index is 12.9. The fourth-order valence-electron chi connectivity index (χ4n) is 3.82. The topological polar surface area (TPSA) is 61.8 Å². The summed E-state index contributed by atoms with van der Waals surface area (Å²) < 4.78 is 17.0. The first-order valence-electron chi connectivity index (χ1n) is 10.2. The molecule has 1 fully saturated rings. The van der Waals surface area contributed by atoms with Crippen LogP contribution in [0.1, 0.15) is 36.5 Å². The fourth-order valence-corrected chi connectivity index (χ4v) is 3.82. The first-order valence-corrected chi connectivity index (χ1v) is 10.2. The van der Waals surface area contributed by atoms with Gasteiger partial charge in [0.25, 0.3) is 5.79 Å². The first-order chi connectivity index (χ1) is 14.9. The molecule has 0 spiro atoms. The summed E-state index contributed by atoms with van der Waals surface area (Å²) >= 11 is 0. The Morgan fingerprint density at radius 2 is 1.35 bits per heavy atom. The molecule has 1 heterocycles. The predicted octanol–water partition coefficient (Wildman–Crippen LogP) is 4.85. The van der Waals surface area contributed by atoms with Crippen molar-refractivity contribution in [1.29, 1.82) is 0 Å². The van der Waals surface area contributed by atoms with Gasteiger partial charge in [-0.2, -0.15) is 0 Å². The summed E-state index contributed by atoms with van der Waals surface area (Å²) in [5, 5.41) is 0. The lowest BCUT2D eigenvalue weighted by Gasteiger charge is -2.36. The van der Waals surface area contributed by atoms with Gasteiger partial charge in [-0.05, 0) is 17.2 Å². The zero-order valence-corrected chi connectivity index (χ0v) is 17.5. The normalized spacial score (nSPS) is 16.8. The van der Waals surface area contributed by atoms with Crippen LogP contribution in [0.25, 0.3) is 0 Å². The molecule has 1 aliphatic heterocycles. The molecule has 5 heteroatoms. The van der Waals surface area contributed by atoms with Gasteiger partial charge < -0.3 is 14.2 Å². The van der Waals surface area contributed by atoms with Gasteiger partial charge in [0, 0.05) is 25.3 Å². The van der Waals surface area contributed by atoms with Gasteiger partial charge in [-0.25, -0.2) is 0 Å². The maximum absolute atomic E-state index is 12.9. The molecular weight excluding hydrogens is 392 g/mol. The van der Waals surface area contributed by atoms with E-state index < -0.39 is 29.6 Å². The zero-order valence-electron chi connectivity index (χ0n) is 17.5. The highest BCUT2D eigenvalue weighted by Crippen LogP contribution is 2.41. The van der Waals surface area contributed by atoms with Crippen molar-refractivity contribution in [2.75, 3.05) is 0 Å². The van der Waals surface area contributed by atoms with Crippen molar-refractivity contribution in [3.8, 4) is 5.75 Å². The smallest absolute Gasteiger partial charge is 0.324 e. The van der Waals surface area contributed by atoms with E-state index in [2.05, 4.69) is 0 Å². The van der Waals surface area contributed by atoms with Gasteiger partial charge >= 0.3 is 11.9 Å². The van der Waals surface area contributed by atoms with Crippen molar-refractivity contribution in [3.63, 3.8) is 0 Å². The van der Waals surface area contributed by atoms with Gasteiger partial charge in [-0.15, -0.1) is 0 Å². The molecule has 5 nitrogen and oxygen atoms in total. The molecule has 4 rings (SSSR count). The highest BCUT2D eigenvalue weighted by Gasteiger charge is 2.48. The Labute approximate surface area is 181 Å². The van der Waals surface area contributed by atoms with Gasteiger partial charge in [-0.1, -0.05) is 78.9 Å². The van der Waals surface area contributed by atoms with E-state index in [4.69, 9.17) is 14.2 Å². The summed E-state index contributed by atoms with van der Waals surface area (Å²) in [6, 6.07) is 26.7. The van der Waals surface area contributed by atoms with E-state index in [0.29, 0.717) is 12.4 Å².